The molecule has 1 aliphatic heterocycles. The predicted octanol–water partition coefficient (Wildman–Crippen LogP) is 0.452. The van der Waals surface area contributed by atoms with Gasteiger partial charge in [0.1, 0.15) is 0 Å². The highest BCUT2D eigenvalue weighted by molar-refractivity contribution is 5.85. The Morgan fingerprint density at radius 2 is 1.59 bits per heavy atom. The second-order valence-corrected chi connectivity index (χ2v) is 5.08. The molecule has 0 spiro atoms. The molecule has 1 fully saturated rings. The summed E-state index contributed by atoms with van der Waals surface area (Å²) in [6, 6.07) is 0. The van der Waals surface area contributed by atoms with E-state index in [2.05, 4.69) is 10.2 Å². The zero-order valence-corrected chi connectivity index (χ0v) is 15.5. The van der Waals surface area contributed by atoms with Crippen LogP contribution in [0.3, 0.4) is 0 Å². The van der Waals surface area contributed by atoms with E-state index in [1.165, 1.54) is 0 Å². The average Bonchev–Trinajstić information content (AvgIpc) is 2.46. The van der Waals surface area contributed by atoms with Crippen LogP contribution in [-0.4, -0.2) is 85.9 Å². The van der Waals surface area contributed by atoms with Crippen molar-refractivity contribution < 1.29 is 9.59 Å². The van der Waals surface area contributed by atoms with E-state index in [1.807, 2.05) is 30.7 Å². The molecule has 1 N–H and O–H groups in total. The summed E-state index contributed by atoms with van der Waals surface area (Å²) in [5, 5.41) is 2.99. The number of carbonyl (C=O) groups is 2. The molecule has 0 aromatic carbocycles. The predicted molar refractivity (Wildman–Crippen MR) is 94.0 cm³/mol. The van der Waals surface area contributed by atoms with Gasteiger partial charge in [0.05, 0.1) is 6.54 Å². The van der Waals surface area contributed by atoms with E-state index in [0.29, 0.717) is 13.0 Å². The molecular weight excluding hydrogens is 327 g/mol. The lowest BCUT2D eigenvalue weighted by Crippen LogP contribution is -2.51. The van der Waals surface area contributed by atoms with Crippen LogP contribution in [0.15, 0.2) is 0 Å². The standard InChI is InChI=1S/C14H28N4O2.2ClH/c1-4-17(5-2)14(20)12-16-8-10-18(11-9-16)13(19)6-7-15-3;;/h15H,4-12H2,1-3H3;2*1H. The van der Waals surface area contributed by atoms with Crippen LogP contribution in [0.4, 0.5) is 0 Å². The van der Waals surface area contributed by atoms with E-state index in [0.717, 1.165) is 45.8 Å². The van der Waals surface area contributed by atoms with Crippen LogP contribution < -0.4 is 5.32 Å². The molecule has 0 aliphatic carbocycles. The maximum absolute atomic E-state index is 12.0. The summed E-state index contributed by atoms with van der Waals surface area (Å²) in [5.41, 5.74) is 0. The molecule has 1 aliphatic rings. The highest BCUT2D eigenvalue weighted by atomic mass is 35.5. The van der Waals surface area contributed by atoms with Gasteiger partial charge in [-0.05, 0) is 20.9 Å². The Bertz CT molecular complexity index is 320. The lowest BCUT2D eigenvalue weighted by atomic mass is 10.2. The molecule has 1 rings (SSSR count). The van der Waals surface area contributed by atoms with Gasteiger partial charge in [-0.3, -0.25) is 14.5 Å². The Kier molecular flexibility index (Phi) is 13.9. The Morgan fingerprint density at radius 3 is 2.05 bits per heavy atom. The number of piperazine rings is 1. The zero-order chi connectivity index (χ0) is 15.0. The number of nitrogens with zero attached hydrogens (tertiary/aromatic N) is 3. The lowest BCUT2D eigenvalue weighted by molar-refractivity contribution is -0.134. The van der Waals surface area contributed by atoms with Crippen molar-refractivity contribution in [2.24, 2.45) is 0 Å². The van der Waals surface area contributed by atoms with E-state index in [9.17, 15) is 9.59 Å². The number of rotatable bonds is 7. The highest BCUT2D eigenvalue weighted by Gasteiger charge is 2.23. The summed E-state index contributed by atoms with van der Waals surface area (Å²) in [7, 11) is 1.85. The minimum absolute atomic E-state index is 0. The molecule has 0 radical (unpaired) electrons. The summed E-state index contributed by atoms with van der Waals surface area (Å²) in [6.07, 6.45) is 0.550. The molecule has 0 aromatic rings. The van der Waals surface area contributed by atoms with Gasteiger partial charge < -0.3 is 15.1 Å². The third-order valence-corrected chi connectivity index (χ3v) is 3.79. The largest absolute Gasteiger partial charge is 0.342 e. The number of halogens is 2. The Balaban J connectivity index is 0. The zero-order valence-electron chi connectivity index (χ0n) is 13.8. The Hall–Kier alpha value is -0.560. The first-order chi connectivity index (χ1) is 9.62. The molecular formula is C14H30Cl2N4O2. The van der Waals surface area contributed by atoms with Crippen molar-refractivity contribution in [3.63, 3.8) is 0 Å². The van der Waals surface area contributed by atoms with E-state index >= 15 is 0 Å². The molecule has 1 heterocycles. The first-order valence-electron chi connectivity index (χ1n) is 7.54. The van der Waals surface area contributed by atoms with E-state index in [-0.39, 0.29) is 36.6 Å². The molecule has 2 amide bonds. The minimum atomic E-state index is 0. The normalized spacial score (nSPS) is 14.8. The maximum Gasteiger partial charge on any atom is 0.236 e. The second-order valence-electron chi connectivity index (χ2n) is 5.08. The summed E-state index contributed by atoms with van der Waals surface area (Å²) in [6.45, 7) is 9.76. The van der Waals surface area contributed by atoms with Crippen molar-refractivity contribution in [3.05, 3.63) is 0 Å². The van der Waals surface area contributed by atoms with Gasteiger partial charge in [0.15, 0.2) is 0 Å². The SMILES string of the molecule is CCN(CC)C(=O)CN1CCN(C(=O)CCNC)CC1.Cl.Cl. The van der Waals surface area contributed by atoms with Crippen LogP contribution in [0.1, 0.15) is 20.3 Å². The maximum atomic E-state index is 12.0. The fourth-order valence-corrected chi connectivity index (χ4v) is 2.41. The molecule has 0 bridgehead atoms. The van der Waals surface area contributed by atoms with Crippen LogP contribution in [-0.2, 0) is 9.59 Å². The van der Waals surface area contributed by atoms with Crippen molar-refractivity contribution in [2.45, 2.75) is 20.3 Å². The quantitative estimate of drug-likeness (QED) is 0.719. The summed E-state index contributed by atoms with van der Waals surface area (Å²) in [4.78, 5) is 29.8. The van der Waals surface area contributed by atoms with Crippen LogP contribution in [0, 0.1) is 0 Å². The van der Waals surface area contributed by atoms with Gasteiger partial charge in [-0.25, -0.2) is 0 Å². The van der Waals surface area contributed by atoms with Crippen molar-refractivity contribution in [3.8, 4) is 0 Å². The van der Waals surface area contributed by atoms with Crippen molar-refractivity contribution in [1.29, 1.82) is 0 Å². The number of likely N-dealkylation sites (N-methyl/N-ethyl adjacent to an activating group) is 1. The monoisotopic (exact) mass is 356 g/mol. The Labute approximate surface area is 146 Å². The lowest BCUT2D eigenvalue weighted by Gasteiger charge is -2.35. The van der Waals surface area contributed by atoms with Gasteiger partial charge in [-0.15, -0.1) is 24.8 Å². The van der Waals surface area contributed by atoms with Gasteiger partial charge in [-0.1, -0.05) is 0 Å². The van der Waals surface area contributed by atoms with Crippen LogP contribution in [0.2, 0.25) is 0 Å². The smallest absolute Gasteiger partial charge is 0.236 e. The Morgan fingerprint density at radius 1 is 1.05 bits per heavy atom. The summed E-state index contributed by atoms with van der Waals surface area (Å²) >= 11 is 0. The van der Waals surface area contributed by atoms with Crippen molar-refractivity contribution in [2.75, 3.05) is 59.4 Å². The first-order valence-corrected chi connectivity index (χ1v) is 7.54. The first kappa shape index (κ1) is 23.7. The van der Waals surface area contributed by atoms with Gasteiger partial charge in [0.2, 0.25) is 11.8 Å². The van der Waals surface area contributed by atoms with Crippen LogP contribution in [0.25, 0.3) is 0 Å². The van der Waals surface area contributed by atoms with E-state index in [4.69, 9.17) is 0 Å². The van der Waals surface area contributed by atoms with Crippen LogP contribution >= 0.6 is 24.8 Å². The number of amides is 2. The van der Waals surface area contributed by atoms with Crippen LogP contribution in [0.5, 0.6) is 0 Å². The molecule has 0 aromatic heterocycles. The van der Waals surface area contributed by atoms with Gasteiger partial charge in [0.25, 0.3) is 0 Å². The molecule has 22 heavy (non-hydrogen) atoms. The molecule has 6 nitrogen and oxygen atoms in total. The van der Waals surface area contributed by atoms with Gasteiger partial charge in [0, 0.05) is 52.2 Å². The van der Waals surface area contributed by atoms with E-state index in [1.54, 1.807) is 0 Å². The number of hydrogen-bond donors (Lipinski definition) is 1. The average molecular weight is 357 g/mol. The highest BCUT2D eigenvalue weighted by Crippen LogP contribution is 2.04. The number of nitrogens with one attached hydrogen (secondary N) is 1. The second kappa shape index (κ2) is 12.9. The topological polar surface area (TPSA) is 55.9 Å². The summed E-state index contributed by atoms with van der Waals surface area (Å²) in [5.74, 6) is 0.388. The fourth-order valence-electron chi connectivity index (χ4n) is 2.41. The molecule has 0 unspecified atom stereocenters. The molecule has 8 heteroatoms. The van der Waals surface area contributed by atoms with E-state index < -0.39 is 0 Å². The van der Waals surface area contributed by atoms with Crippen molar-refractivity contribution >= 4 is 36.6 Å². The third kappa shape index (κ3) is 7.63. The molecule has 1 saturated heterocycles. The van der Waals surface area contributed by atoms with Gasteiger partial charge in [-0.2, -0.15) is 0 Å². The third-order valence-electron chi connectivity index (χ3n) is 3.79. The minimum Gasteiger partial charge on any atom is -0.342 e. The molecule has 0 atom stereocenters. The number of carbonyl (C=O) groups excluding carboxylic acids is 2. The molecule has 0 saturated carbocycles. The molecule has 132 valence electrons. The fraction of sp³-hybridized carbons (Fsp3) is 0.857. The number of hydrogen-bond acceptors (Lipinski definition) is 4. The van der Waals surface area contributed by atoms with Gasteiger partial charge >= 0.3 is 0 Å². The summed E-state index contributed by atoms with van der Waals surface area (Å²) < 4.78 is 0. The van der Waals surface area contributed by atoms with Crippen molar-refractivity contribution in [1.82, 2.24) is 20.0 Å².